The van der Waals surface area contributed by atoms with Crippen LogP contribution in [0.3, 0.4) is 0 Å². The van der Waals surface area contributed by atoms with Crippen molar-refractivity contribution in [2.75, 3.05) is 0 Å². The lowest BCUT2D eigenvalue weighted by Crippen LogP contribution is -2.13. The van der Waals surface area contributed by atoms with E-state index in [0.717, 1.165) is 16.9 Å². The van der Waals surface area contributed by atoms with Gasteiger partial charge in [-0.15, -0.1) is 0 Å². The Morgan fingerprint density at radius 3 is 2.36 bits per heavy atom. The van der Waals surface area contributed by atoms with Gasteiger partial charge in [0.25, 0.3) is 0 Å². The van der Waals surface area contributed by atoms with Crippen LogP contribution >= 0.6 is 0 Å². The van der Waals surface area contributed by atoms with Crippen LogP contribution in [0.5, 0.6) is 5.75 Å². The minimum absolute atomic E-state index is 0.135. The molecule has 0 aromatic heterocycles. The van der Waals surface area contributed by atoms with Gasteiger partial charge >= 0.3 is 6.61 Å². The van der Waals surface area contributed by atoms with Crippen molar-refractivity contribution < 1.29 is 17.9 Å². The molecule has 176 valence electrons. The first kappa shape index (κ1) is 23.7. The van der Waals surface area contributed by atoms with E-state index in [0.29, 0.717) is 29.7 Å². The molecule has 0 heterocycles. The number of hydrogen-bond donors (Lipinski definition) is 0. The van der Waals surface area contributed by atoms with Crippen LogP contribution in [0, 0.1) is 11.7 Å². The van der Waals surface area contributed by atoms with Crippen LogP contribution in [-0.4, -0.2) is 6.61 Å². The summed E-state index contributed by atoms with van der Waals surface area (Å²) in [4.78, 5) is 0. The van der Waals surface area contributed by atoms with E-state index < -0.39 is 6.61 Å². The third-order valence-corrected chi connectivity index (χ3v) is 7.17. The molecule has 0 unspecified atom stereocenters. The topological polar surface area (TPSA) is 9.23 Å². The molecule has 4 rings (SSSR count). The van der Waals surface area contributed by atoms with Gasteiger partial charge < -0.3 is 4.74 Å². The van der Waals surface area contributed by atoms with Gasteiger partial charge in [0.2, 0.25) is 0 Å². The summed E-state index contributed by atoms with van der Waals surface area (Å²) in [5.41, 5.74) is 2.98. The minimum Gasteiger partial charge on any atom is -0.435 e. The highest BCUT2D eigenvalue weighted by Crippen LogP contribution is 2.38. The van der Waals surface area contributed by atoms with Crippen LogP contribution in [0.15, 0.2) is 54.6 Å². The van der Waals surface area contributed by atoms with Crippen LogP contribution in [0.1, 0.15) is 74.5 Å². The zero-order chi connectivity index (χ0) is 23.2. The normalized spacial score (nSPS) is 18.7. The number of rotatable bonds is 9. The summed E-state index contributed by atoms with van der Waals surface area (Å²) in [6.45, 7) is -0.569. The number of halogens is 3. The van der Waals surface area contributed by atoms with Crippen LogP contribution in [0.25, 0.3) is 10.8 Å². The molecule has 0 amide bonds. The van der Waals surface area contributed by atoms with Crippen molar-refractivity contribution in [3.05, 3.63) is 77.1 Å². The first-order chi connectivity index (χ1) is 16.0. The fourth-order valence-electron chi connectivity index (χ4n) is 5.20. The lowest BCUT2D eigenvalue weighted by molar-refractivity contribution is -0.0498. The van der Waals surface area contributed by atoms with E-state index in [9.17, 15) is 8.78 Å². The molecule has 3 aromatic rings. The van der Waals surface area contributed by atoms with E-state index in [4.69, 9.17) is 0 Å². The molecule has 0 N–H and O–H groups in total. The van der Waals surface area contributed by atoms with Crippen LogP contribution < -0.4 is 4.74 Å². The zero-order valence-corrected chi connectivity index (χ0v) is 19.3. The highest BCUT2D eigenvalue weighted by Gasteiger charge is 2.22. The van der Waals surface area contributed by atoms with E-state index in [1.807, 2.05) is 18.2 Å². The number of benzene rings is 3. The Kier molecular flexibility index (Phi) is 7.95. The summed E-state index contributed by atoms with van der Waals surface area (Å²) in [6, 6.07) is 16.7. The summed E-state index contributed by atoms with van der Waals surface area (Å²) < 4.78 is 44.2. The molecule has 0 radical (unpaired) electrons. The van der Waals surface area contributed by atoms with E-state index in [-0.39, 0.29) is 11.6 Å². The van der Waals surface area contributed by atoms with Gasteiger partial charge in [-0.1, -0.05) is 68.7 Å². The van der Waals surface area contributed by atoms with E-state index in [2.05, 4.69) is 23.8 Å². The van der Waals surface area contributed by atoms with Crippen LogP contribution in [0.2, 0.25) is 0 Å². The average Bonchev–Trinajstić information content (AvgIpc) is 2.83. The van der Waals surface area contributed by atoms with E-state index in [1.165, 1.54) is 62.6 Å². The molecule has 1 aliphatic carbocycles. The van der Waals surface area contributed by atoms with Gasteiger partial charge in [0, 0.05) is 5.39 Å². The van der Waals surface area contributed by atoms with Crippen molar-refractivity contribution >= 4 is 10.8 Å². The number of fused-ring (bicyclic) bond motifs is 1. The number of aryl methyl sites for hydroxylation is 2. The highest BCUT2D eigenvalue weighted by atomic mass is 19.3. The Hall–Kier alpha value is -2.49. The first-order valence-corrected chi connectivity index (χ1v) is 12.3. The Morgan fingerprint density at radius 1 is 0.909 bits per heavy atom. The molecule has 1 nitrogen and oxygen atoms in total. The SMILES string of the molecule is CCCCC1CCC(c2ccc3c(F)c(CCc4ccc(OC(F)F)cc4)ccc3c2)CC1. The van der Waals surface area contributed by atoms with Gasteiger partial charge in [0.05, 0.1) is 0 Å². The minimum atomic E-state index is -2.83. The quantitative estimate of drug-likeness (QED) is 0.314. The standard InChI is InChI=1S/C29H33F3O/c1-2-3-4-20-5-10-22(11-6-20)24-15-18-27-25(19-24)14-13-23(28(27)30)12-7-21-8-16-26(17-9-21)33-29(31)32/h8-9,13-20,22,29H,2-7,10-12H2,1H3. The summed E-state index contributed by atoms with van der Waals surface area (Å²) in [5, 5.41) is 1.64. The number of alkyl halides is 2. The van der Waals surface area contributed by atoms with Gasteiger partial charge in [0.1, 0.15) is 11.6 Å². The summed E-state index contributed by atoms with van der Waals surface area (Å²) in [7, 11) is 0. The molecule has 1 fully saturated rings. The Labute approximate surface area is 195 Å². The fraction of sp³-hybridized carbons (Fsp3) is 0.448. The van der Waals surface area contributed by atoms with Gasteiger partial charge in [-0.2, -0.15) is 8.78 Å². The summed E-state index contributed by atoms with van der Waals surface area (Å²) in [6.07, 6.45) is 10.3. The monoisotopic (exact) mass is 454 g/mol. The molecular weight excluding hydrogens is 421 g/mol. The van der Waals surface area contributed by atoms with Crippen molar-refractivity contribution in [3.8, 4) is 5.75 Å². The molecule has 3 aromatic carbocycles. The van der Waals surface area contributed by atoms with Gasteiger partial charge in [-0.3, -0.25) is 0 Å². The summed E-state index contributed by atoms with van der Waals surface area (Å²) >= 11 is 0. The number of unbranched alkanes of at least 4 members (excludes halogenated alkanes) is 1. The Morgan fingerprint density at radius 2 is 1.67 bits per heavy atom. The fourth-order valence-corrected chi connectivity index (χ4v) is 5.20. The molecule has 1 aliphatic rings. The second-order valence-corrected chi connectivity index (χ2v) is 9.40. The zero-order valence-electron chi connectivity index (χ0n) is 19.3. The predicted molar refractivity (Wildman–Crippen MR) is 129 cm³/mol. The maximum absolute atomic E-state index is 15.2. The second kappa shape index (κ2) is 11.1. The Balaban J connectivity index is 1.40. The molecule has 0 spiro atoms. The van der Waals surface area contributed by atoms with Crippen LogP contribution in [0.4, 0.5) is 13.2 Å². The van der Waals surface area contributed by atoms with Gasteiger partial charge in [-0.05, 0) is 84.6 Å². The van der Waals surface area contributed by atoms with Crippen molar-refractivity contribution in [3.63, 3.8) is 0 Å². The predicted octanol–water partition coefficient (Wildman–Crippen LogP) is 8.83. The lowest BCUT2D eigenvalue weighted by atomic mass is 9.77. The average molecular weight is 455 g/mol. The molecule has 0 bridgehead atoms. The molecular formula is C29H33F3O. The van der Waals surface area contributed by atoms with E-state index >= 15 is 4.39 Å². The van der Waals surface area contributed by atoms with Crippen molar-refractivity contribution in [2.24, 2.45) is 5.92 Å². The largest absolute Gasteiger partial charge is 0.435 e. The third-order valence-electron chi connectivity index (χ3n) is 7.17. The lowest BCUT2D eigenvalue weighted by Gasteiger charge is -2.29. The van der Waals surface area contributed by atoms with Crippen molar-refractivity contribution in [1.82, 2.24) is 0 Å². The van der Waals surface area contributed by atoms with Crippen molar-refractivity contribution in [1.29, 1.82) is 0 Å². The van der Waals surface area contributed by atoms with Crippen LogP contribution in [-0.2, 0) is 12.8 Å². The van der Waals surface area contributed by atoms with E-state index in [1.54, 1.807) is 12.1 Å². The maximum atomic E-state index is 15.2. The maximum Gasteiger partial charge on any atom is 0.387 e. The smallest absolute Gasteiger partial charge is 0.387 e. The van der Waals surface area contributed by atoms with Gasteiger partial charge in [0.15, 0.2) is 0 Å². The Bertz CT molecular complexity index is 1040. The number of ether oxygens (including phenoxy) is 1. The van der Waals surface area contributed by atoms with Gasteiger partial charge in [-0.25, -0.2) is 4.39 Å². The van der Waals surface area contributed by atoms with Crippen molar-refractivity contribution in [2.45, 2.75) is 77.2 Å². The molecule has 0 saturated heterocycles. The highest BCUT2D eigenvalue weighted by molar-refractivity contribution is 5.84. The molecule has 0 aliphatic heterocycles. The molecule has 0 atom stereocenters. The number of hydrogen-bond acceptors (Lipinski definition) is 1. The molecule has 1 saturated carbocycles. The first-order valence-electron chi connectivity index (χ1n) is 12.3. The second-order valence-electron chi connectivity index (χ2n) is 9.40. The molecule has 33 heavy (non-hydrogen) atoms. The summed E-state index contributed by atoms with van der Waals surface area (Å²) in [5.74, 6) is 1.46. The molecule has 4 heteroatoms. The third kappa shape index (κ3) is 6.10.